The Morgan fingerprint density at radius 3 is 1.91 bits per heavy atom. The second kappa shape index (κ2) is 12.7. The lowest BCUT2D eigenvalue weighted by molar-refractivity contribution is -0.140. The van der Waals surface area contributed by atoms with E-state index in [1.165, 1.54) is 5.56 Å². The molecule has 1 N–H and O–H groups in total. The van der Waals surface area contributed by atoms with Crippen LogP contribution in [0.25, 0.3) is 0 Å². The Bertz CT molecular complexity index is 965. The van der Waals surface area contributed by atoms with Crippen molar-refractivity contribution in [3.63, 3.8) is 0 Å². The SMILES string of the molecule is CNC(=O)[C@H](Cc1ccccc1)N(Cc1ccccc1)C(=O)CCSCc1ccccc1. The van der Waals surface area contributed by atoms with Crippen LogP contribution < -0.4 is 5.32 Å². The molecule has 4 nitrogen and oxygen atoms in total. The lowest BCUT2D eigenvalue weighted by Crippen LogP contribution is -2.49. The van der Waals surface area contributed by atoms with E-state index in [-0.39, 0.29) is 11.8 Å². The number of thioether (sulfide) groups is 1. The predicted molar refractivity (Wildman–Crippen MR) is 132 cm³/mol. The molecule has 166 valence electrons. The molecular formula is C27H30N2O2S. The highest BCUT2D eigenvalue weighted by molar-refractivity contribution is 7.98. The number of rotatable bonds is 11. The predicted octanol–water partition coefficient (Wildman–Crippen LogP) is 4.70. The van der Waals surface area contributed by atoms with Crippen molar-refractivity contribution >= 4 is 23.6 Å². The van der Waals surface area contributed by atoms with Gasteiger partial charge in [0, 0.05) is 37.9 Å². The molecule has 0 radical (unpaired) electrons. The van der Waals surface area contributed by atoms with Gasteiger partial charge in [-0.2, -0.15) is 11.8 Å². The Kier molecular flexibility index (Phi) is 9.38. The second-order valence-electron chi connectivity index (χ2n) is 7.62. The third-order valence-corrected chi connectivity index (χ3v) is 6.32. The Balaban J connectivity index is 1.72. The van der Waals surface area contributed by atoms with Gasteiger partial charge in [-0.05, 0) is 16.7 Å². The molecule has 0 heterocycles. The lowest BCUT2D eigenvalue weighted by atomic mass is 10.0. The second-order valence-corrected chi connectivity index (χ2v) is 8.72. The molecule has 32 heavy (non-hydrogen) atoms. The monoisotopic (exact) mass is 446 g/mol. The van der Waals surface area contributed by atoms with Gasteiger partial charge < -0.3 is 10.2 Å². The fourth-order valence-corrected chi connectivity index (χ4v) is 4.46. The standard InChI is InChI=1S/C27H30N2O2S/c1-28-27(31)25(19-22-11-5-2-6-12-22)29(20-23-13-7-3-8-14-23)26(30)17-18-32-21-24-15-9-4-10-16-24/h2-16,25H,17-21H2,1H3,(H,28,31)/t25-/m0/s1. The molecule has 3 aromatic carbocycles. The van der Waals surface area contributed by atoms with Crippen LogP contribution in [0.15, 0.2) is 91.0 Å². The quantitative estimate of drug-likeness (QED) is 0.435. The summed E-state index contributed by atoms with van der Waals surface area (Å²) in [4.78, 5) is 27.9. The van der Waals surface area contributed by atoms with Gasteiger partial charge >= 0.3 is 0 Å². The minimum absolute atomic E-state index is 0.000976. The topological polar surface area (TPSA) is 49.4 Å². The molecule has 5 heteroatoms. The molecule has 0 aliphatic carbocycles. The number of carbonyl (C=O) groups excluding carboxylic acids is 2. The zero-order chi connectivity index (χ0) is 22.6. The van der Waals surface area contributed by atoms with Crippen molar-refractivity contribution in [2.24, 2.45) is 0 Å². The first kappa shape index (κ1) is 23.6. The fraction of sp³-hybridized carbons (Fsp3) is 0.259. The summed E-state index contributed by atoms with van der Waals surface area (Å²) in [6.07, 6.45) is 0.878. The lowest BCUT2D eigenvalue weighted by Gasteiger charge is -2.31. The molecule has 0 aliphatic heterocycles. The molecule has 0 saturated carbocycles. The molecule has 3 aromatic rings. The molecule has 1 atom stereocenters. The van der Waals surface area contributed by atoms with E-state index in [9.17, 15) is 9.59 Å². The number of nitrogens with zero attached hydrogens (tertiary/aromatic N) is 1. The van der Waals surface area contributed by atoms with Crippen LogP contribution in [0, 0.1) is 0 Å². The van der Waals surface area contributed by atoms with E-state index in [4.69, 9.17) is 0 Å². The van der Waals surface area contributed by atoms with Crippen LogP contribution in [0.3, 0.4) is 0 Å². The number of benzene rings is 3. The number of amides is 2. The van der Waals surface area contributed by atoms with Gasteiger partial charge in [0.25, 0.3) is 0 Å². The minimum atomic E-state index is -0.561. The summed E-state index contributed by atoms with van der Waals surface area (Å²) in [5.74, 6) is 1.44. The van der Waals surface area contributed by atoms with Crippen molar-refractivity contribution in [3.05, 3.63) is 108 Å². The molecule has 0 bridgehead atoms. The molecule has 2 amide bonds. The first-order valence-electron chi connectivity index (χ1n) is 10.9. The normalized spacial score (nSPS) is 11.5. The van der Waals surface area contributed by atoms with Crippen LogP contribution in [0.1, 0.15) is 23.1 Å². The number of likely N-dealkylation sites (N-methyl/N-ethyl adjacent to an activating group) is 1. The van der Waals surface area contributed by atoms with Gasteiger partial charge in [-0.1, -0.05) is 91.0 Å². The molecule has 0 aromatic heterocycles. The summed E-state index contributed by atoms with van der Waals surface area (Å²) < 4.78 is 0. The number of hydrogen-bond acceptors (Lipinski definition) is 3. The van der Waals surface area contributed by atoms with Crippen molar-refractivity contribution in [3.8, 4) is 0 Å². The molecule has 3 rings (SSSR count). The van der Waals surface area contributed by atoms with Crippen LogP contribution in [0.5, 0.6) is 0 Å². The Hall–Kier alpha value is -3.05. The van der Waals surface area contributed by atoms with Gasteiger partial charge in [0.05, 0.1) is 0 Å². The zero-order valence-electron chi connectivity index (χ0n) is 18.4. The van der Waals surface area contributed by atoms with Crippen LogP contribution in [-0.2, 0) is 28.3 Å². The smallest absolute Gasteiger partial charge is 0.242 e. The summed E-state index contributed by atoms with van der Waals surface area (Å²) in [6, 6.07) is 29.4. The van der Waals surface area contributed by atoms with Crippen LogP contribution in [0.2, 0.25) is 0 Å². The molecule has 0 spiro atoms. The van der Waals surface area contributed by atoms with Crippen molar-refractivity contribution < 1.29 is 9.59 Å². The maximum absolute atomic E-state index is 13.3. The average Bonchev–Trinajstić information content (AvgIpc) is 2.85. The average molecular weight is 447 g/mol. The van der Waals surface area contributed by atoms with Gasteiger partial charge in [0.15, 0.2) is 0 Å². The van der Waals surface area contributed by atoms with Crippen molar-refractivity contribution in [2.45, 2.75) is 31.2 Å². The number of hydrogen-bond donors (Lipinski definition) is 1. The van der Waals surface area contributed by atoms with Gasteiger partial charge in [0.2, 0.25) is 11.8 Å². The van der Waals surface area contributed by atoms with Crippen LogP contribution in [0.4, 0.5) is 0 Å². The van der Waals surface area contributed by atoms with Crippen LogP contribution >= 0.6 is 11.8 Å². The van der Waals surface area contributed by atoms with E-state index in [1.54, 1.807) is 23.7 Å². The summed E-state index contributed by atoms with van der Waals surface area (Å²) in [5.41, 5.74) is 3.29. The van der Waals surface area contributed by atoms with Gasteiger partial charge in [-0.3, -0.25) is 9.59 Å². The molecule has 0 fully saturated rings. The molecule has 0 aliphatic rings. The van der Waals surface area contributed by atoms with E-state index in [0.29, 0.717) is 25.1 Å². The largest absolute Gasteiger partial charge is 0.357 e. The fourth-order valence-electron chi connectivity index (χ4n) is 3.57. The minimum Gasteiger partial charge on any atom is -0.357 e. The van der Waals surface area contributed by atoms with E-state index in [2.05, 4.69) is 17.4 Å². The highest BCUT2D eigenvalue weighted by Gasteiger charge is 2.29. The molecule has 0 saturated heterocycles. The molecular weight excluding hydrogens is 416 g/mol. The summed E-state index contributed by atoms with van der Waals surface area (Å²) in [7, 11) is 1.63. The summed E-state index contributed by atoms with van der Waals surface area (Å²) in [5, 5.41) is 2.76. The van der Waals surface area contributed by atoms with E-state index in [0.717, 1.165) is 16.9 Å². The third kappa shape index (κ3) is 7.27. The summed E-state index contributed by atoms with van der Waals surface area (Å²) >= 11 is 1.74. The van der Waals surface area contributed by atoms with E-state index < -0.39 is 6.04 Å². The Labute approximate surface area is 195 Å². The maximum Gasteiger partial charge on any atom is 0.242 e. The van der Waals surface area contributed by atoms with Gasteiger partial charge in [-0.15, -0.1) is 0 Å². The molecule has 0 unspecified atom stereocenters. The van der Waals surface area contributed by atoms with Crippen molar-refractivity contribution in [1.29, 1.82) is 0 Å². The third-order valence-electron chi connectivity index (χ3n) is 5.29. The summed E-state index contributed by atoms with van der Waals surface area (Å²) in [6.45, 7) is 0.411. The van der Waals surface area contributed by atoms with Crippen LogP contribution in [-0.4, -0.2) is 35.6 Å². The number of nitrogens with one attached hydrogen (secondary N) is 1. The van der Waals surface area contributed by atoms with Crippen molar-refractivity contribution in [1.82, 2.24) is 10.2 Å². The highest BCUT2D eigenvalue weighted by atomic mass is 32.2. The highest BCUT2D eigenvalue weighted by Crippen LogP contribution is 2.18. The van der Waals surface area contributed by atoms with Crippen molar-refractivity contribution in [2.75, 3.05) is 12.8 Å². The first-order chi connectivity index (χ1) is 15.7. The van der Waals surface area contributed by atoms with Gasteiger partial charge in [-0.25, -0.2) is 0 Å². The number of carbonyl (C=O) groups is 2. The van der Waals surface area contributed by atoms with E-state index in [1.807, 2.05) is 78.9 Å². The Morgan fingerprint density at radius 2 is 1.34 bits per heavy atom. The van der Waals surface area contributed by atoms with E-state index >= 15 is 0 Å². The maximum atomic E-state index is 13.3. The zero-order valence-corrected chi connectivity index (χ0v) is 19.3. The Morgan fingerprint density at radius 1 is 0.812 bits per heavy atom. The first-order valence-corrected chi connectivity index (χ1v) is 12.0. The van der Waals surface area contributed by atoms with Gasteiger partial charge in [0.1, 0.15) is 6.04 Å².